The van der Waals surface area contributed by atoms with Crippen molar-refractivity contribution in [2.45, 2.75) is 64.5 Å². The number of benzene rings is 1. The fourth-order valence-corrected chi connectivity index (χ4v) is 7.10. The highest BCUT2D eigenvalue weighted by Crippen LogP contribution is 2.38. The SMILES string of the molecule is COc1ccc(OCc2onc([C@H]3CCCN3S(=O)(=O)CC3CCCCC3)c2C)cc1OC. The molecule has 0 bridgehead atoms. The molecule has 182 valence electrons. The van der Waals surface area contributed by atoms with Crippen LogP contribution in [0.3, 0.4) is 0 Å². The standard InChI is InChI=1S/C24H34N2O6S/c1-17-23(15-31-19-11-12-21(29-2)22(14-19)30-3)32-25-24(17)20-10-7-13-26(20)33(27,28)16-18-8-5-4-6-9-18/h11-12,14,18,20H,4-10,13,15-16H2,1-3H3/t20-/m1/s1. The van der Waals surface area contributed by atoms with E-state index in [1.165, 1.54) is 6.42 Å². The van der Waals surface area contributed by atoms with Crippen molar-refractivity contribution in [3.63, 3.8) is 0 Å². The number of nitrogens with zero attached hydrogens (tertiary/aromatic N) is 2. The zero-order chi connectivity index (χ0) is 23.4. The molecule has 1 saturated carbocycles. The minimum atomic E-state index is -3.34. The maximum atomic E-state index is 13.2. The lowest BCUT2D eigenvalue weighted by Crippen LogP contribution is -2.35. The Hall–Kier alpha value is -2.26. The first kappa shape index (κ1) is 23.9. The van der Waals surface area contributed by atoms with Gasteiger partial charge in [0.2, 0.25) is 10.0 Å². The molecule has 9 heteroatoms. The van der Waals surface area contributed by atoms with Gasteiger partial charge < -0.3 is 18.7 Å². The van der Waals surface area contributed by atoms with Crippen molar-refractivity contribution < 1.29 is 27.2 Å². The first-order valence-corrected chi connectivity index (χ1v) is 13.3. The molecule has 1 aromatic carbocycles. The Morgan fingerprint density at radius 3 is 2.55 bits per heavy atom. The van der Waals surface area contributed by atoms with Crippen molar-refractivity contribution in [2.24, 2.45) is 5.92 Å². The van der Waals surface area contributed by atoms with Crippen LogP contribution in [0, 0.1) is 12.8 Å². The summed E-state index contributed by atoms with van der Waals surface area (Å²) in [5.41, 5.74) is 1.55. The van der Waals surface area contributed by atoms with Gasteiger partial charge in [-0.05, 0) is 50.7 Å². The van der Waals surface area contributed by atoms with Gasteiger partial charge in [0.1, 0.15) is 18.1 Å². The average molecular weight is 479 g/mol. The summed E-state index contributed by atoms with van der Waals surface area (Å²) in [6.45, 7) is 2.66. The minimum absolute atomic E-state index is 0.190. The molecule has 4 rings (SSSR count). The molecule has 0 N–H and O–H groups in total. The molecule has 1 saturated heterocycles. The predicted octanol–water partition coefficient (Wildman–Crippen LogP) is 4.63. The van der Waals surface area contributed by atoms with Crippen molar-refractivity contribution in [1.29, 1.82) is 0 Å². The van der Waals surface area contributed by atoms with Crippen LogP contribution in [0.1, 0.15) is 68.0 Å². The second-order valence-electron chi connectivity index (χ2n) is 8.97. The molecule has 33 heavy (non-hydrogen) atoms. The predicted molar refractivity (Wildman–Crippen MR) is 124 cm³/mol. The maximum Gasteiger partial charge on any atom is 0.214 e. The van der Waals surface area contributed by atoms with Crippen molar-refractivity contribution in [3.8, 4) is 17.2 Å². The Labute approximate surface area is 196 Å². The van der Waals surface area contributed by atoms with E-state index in [-0.39, 0.29) is 24.3 Å². The molecule has 8 nitrogen and oxygen atoms in total. The number of aromatic nitrogens is 1. The summed E-state index contributed by atoms with van der Waals surface area (Å²) in [6.07, 6.45) is 7.10. The molecule has 1 atom stereocenters. The van der Waals surface area contributed by atoms with Crippen molar-refractivity contribution in [3.05, 3.63) is 35.2 Å². The number of rotatable bonds is 9. The van der Waals surface area contributed by atoms with Gasteiger partial charge >= 0.3 is 0 Å². The Kier molecular flexibility index (Phi) is 7.48. The minimum Gasteiger partial charge on any atom is -0.493 e. The first-order valence-electron chi connectivity index (χ1n) is 11.7. The lowest BCUT2D eigenvalue weighted by Gasteiger charge is -2.27. The fourth-order valence-electron chi connectivity index (χ4n) is 4.98. The van der Waals surface area contributed by atoms with Crippen LogP contribution in [-0.2, 0) is 16.6 Å². The van der Waals surface area contributed by atoms with Crippen LogP contribution in [0.2, 0.25) is 0 Å². The zero-order valence-electron chi connectivity index (χ0n) is 19.7. The van der Waals surface area contributed by atoms with Crippen molar-refractivity contribution in [1.82, 2.24) is 9.46 Å². The Bertz CT molecular complexity index is 1050. The number of sulfonamides is 1. The van der Waals surface area contributed by atoms with Crippen molar-refractivity contribution in [2.75, 3.05) is 26.5 Å². The van der Waals surface area contributed by atoms with Crippen molar-refractivity contribution >= 4 is 10.0 Å². The van der Waals surface area contributed by atoms with Crippen LogP contribution in [0.15, 0.2) is 22.7 Å². The van der Waals surface area contributed by atoms with E-state index in [1.54, 1.807) is 36.7 Å². The van der Waals surface area contributed by atoms with Crippen LogP contribution in [-0.4, -0.2) is 44.4 Å². The quantitative estimate of drug-likeness (QED) is 0.519. The molecule has 0 radical (unpaired) electrons. The third-order valence-corrected chi connectivity index (χ3v) is 8.87. The summed E-state index contributed by atoms with van der Waals surface area (Å²) in [7, 11) is -0.183. The smallest absolute Gasteiger partial charge is 0.214 e. The number of hydrogen-bond donors (Lipinski definition) is 0. The Morgan fingerprint density at radius 2 is 1.82 bits per heavy atom. The van der Waals surface area contributed by atoms with Gasteiger partial charge in [0.05, 0.1) is 26.0 Å². The second kappa shape index (κ2) is 10.3. The van der Waals surface area contributed by atoms with Gasteiger partial charge in [0.15, 0.2) is 17.3 Å². The van der Waals surface area contributed by atoms with Gasteiger partial charge in [0.25, 0.3) is 0 Å². The summed E-state index contributed by atoms with van der Waals surface area (Å²) in [5, 5.41) is 4.28. The largest absolute Gasteiger partial charge is 0.493 e. The van der Waals surface area contributed by atoms with Gasteiger partial charge in [-0.25, -0.2) is 8.42 Å². The van der Waals surface area contributed by atoms with Gasteiger partial charge in [-0.2, -0.15) is 4.31 Å². The lowest BCUT2D eigenvalue weighted by atomic mass is 9.91. The highest BCUT2D eigenvalue weighted by molar-refractivity contribution is 7.89. The normalized spacial score (nSPS) is 20.2. The number of hydrogen-bond acceptors (Lipinski definition) is 7. The lowest BCUT2D eigenvalue weighted by molar-refractivity contribution is 0.244. The number of methoxy groups -OCH3 is 2. The molecule has 0 amide bonds. The molecular formula is C24H34N2O6S. The van der Waals surface area contributed by atoms with E-state index >= 15 is 0 Å². The summed E-state index contributed by atoms with van der Waals surface area (Å²) in [5.74, 6) is 2.93. The molecule has 0 spiro atoms. The zero-order valence-corrected chi connectivity index (χ0v) is 20.5. The monoisotopic (exact) mass is 478 g/mol. The molecule has 2 aliphatic rings. The molecule has 1 aromatic heterocycles. The van der Waals surface area contributed by atoms with Crippen LogP contribution >= 0.6 is 0 Å². The molecule has 2 heterocycles. The van der Waals surface area contributed by atoms with Gasteiger partial charge in [-0.3, -0.25) is 0 Å². The van der Waals surface area contributed by atoms with Crippen LogP contribution in [0.5, 0.6) is 17.2 Å². The van der Waals surface area contributed by atoms with Crippen LogP contribution in [0.4, 0.5) is 0 Å². The molecular weight excluding hydrogens is 444 g/mol. The second-order valence-corrected chi connectivity index (χ2v) is 10.9. The summed E-state index contributed by atoms with van der Waals surface area (Å²) >= 11 is 0. The number of ether oxygens (including phenoxy) is 3. The van der Waals surface area contributed by atoms with E-state index in [9.17, 15) is 8.42 Å². The van der Waals surface area contributed by atoms with E-state index < -0.39 is 10.0 Å². The van der Waals surface area contributed by atoms with E-state index in [1.807, 2.05) is 6.92 Å². The van der Waals surface area contributed by atoms with Crippen LogP contribution < -0.4 is 14.2 Å². The first-order chi connectivity index (χ1) is 15.9. The third kappa shape index (κ3) is 5.30. The van der Waals surface area contributed by atoms with E-state index in [4.69, 9.17) is 18.7 Å². The summed E-state index contributed by atoms with van der Waals surface area (Å²) in [4.78, 5) is 0. The Balaban J connectivity index is 1.45. The van der Waals surface area contributed by atoms with Gasteiger partial charge in [-0.15, -0.1) is 0 Å². The third-order valence-electron chi connectivity index (χ3n) is 6.83. The van der Waals surface area contributed by atoms with E-state index in [2.05, 4.69) is 5.16 Å². The molecule has 2 aromatic rings. The Morgan fingerprint density at radius 1 is 1.06 bits per heavy atom. The van der Waals surface area contributed by atoms with E-state index in [0.717, 1.165) is 44.1 Å². The molecule has 2 fully saturated rings. The topological polar surface area (TPSA) is 91.1 Å². The summed E-state index contributed by atoms with van der Waals surface area (Å²) in [6, 6.07) is 5.06. The van der Waals surface area contributed by atoms with Crippen LogP contribution in [0.25, 0.3) is 0 Å². The highest BCUT2D eigenvalue weighted by Gasteiger charge is 2.39. The van der Waals surface area contributed by atoms with E-state index in [0.29, 0.717) is 35.2 Å². The maximum absolute atomic E-state index is 13.2. The fraction of sp³-hybridized carbons (Fsp3) is 0.625. The van der Waals surface area contributed by atoms with Gasteiger partial charge in [0, 0.05) is 18.2 Å². The molecule has 1 aliphatic carbocycles. The average Bonchev–Trinajstić information content (AvgIpc) is 3.45. The van der Waals surface area contributed by atoms with Gasteiger partial charge in [-0.1, -0.05) is 24.4 Å². The molecule has 0 unspecified atom stereocenters. The summed E-state index contributed by atoms with van der Waals surface area (Å²) < 4.78 is 50.2. The molecule has 1 aliphatic heterocycles. The highest BCUT2D eigenvalue weighted by atomic mass is 32.2.